The molecule has 0 radical (unpaired) electrons. The Morgan fingerprint density at radius 3 is 2.60 bits per heavy atom. The molecule has 3 rings (SSSR count). The number of nitrogens with one attached hydrogen (secondary N) is 1. The van der Waals surface area contributed by atoms with Crippen molar-refractivity contribution in [2.45, 2.75) is 31.7 Å². The van der Waals surface area contributed by atoms with Gasteiger partial charge < -0.3 is 10.2 Å². The predicted octanol–water partition coefficient (Wildman–Crippen LogP) is 2.43. The third-order valence-electron chi connectivity index (χ3n) is 4.19. The number of carbonyl (C=O) groups is 1. The maximum Gasteiger partial charge on any atom is 0.254 e. The molecule has 1 aliphatic heterocycles. The maximum atomic E-state index is 13.0. The number of carbonyl (C=O) groups excluding carboxylic acids is 1. The smallest absolute Gasteiger partial charge is 0.254 e. The van der Waals surface area contributed by atoms with E-state index in [1.807, 2.05) is 4.90 Å². The summed E-state index contributed by atoms with van der Waals surface area (Å²) in [5.41, 5.74) is 0.599. The molecule has 0 aromatic heterocycles. The molecule has 1 aromatic rings. The highest BCUT2D eigenvalue weighted by Crippen LogP contribution is 2.30. The highest BCUT2D eigenvalue weighted by molar-refractivity contribution is 5.94. The van der Waals surface area contributed by atoms with Crippen molar-refractivity contribution in [1.29, 1.82) is 0 Å². The summed E-state index contributed by atoms with van der Waals surface area (Å²) in [6, 6.07) is 6.30. The van der Waals surface area contributed by atoms with E-state index in [0.29, 0.717) is 17.5 Å². The summed E-state index contributed by atoms with van der Waals surface area (Å²) >= 11 is 0. The van der Waals surface area contributed by atoms with Crippen LogP contribution in [0.1, 0.15) is 36.0 Å². The summed E-state index contributed by atoms with van der Waals surface area (Å²) in [4.78, 5) is 14.6. The van der Waals surface area contributed by atoms with Crippen molar-refractivity contribution in [3.05, 3.63) is 35.6 Å². The van der Waals surface area contributed by atoms with Crippen LogP contribution in [0.4, 0.5) is 4.39 Å². The van der Waals surface area contributed by atoms with Gasteiger partial charge in [-0.2, -0.15) is 0 Å². The second kappa shape index (κ2) is 5.92. The van der Waals surface area contributed by atoms with E-state index in [0.717, 1.165) is 32.5 Å². The van der Waals surface area contributed by atoms with Crippen molar-refractivity contribution < 1.29 is 9.18 Å². The number of hydrogen-bond acceptors (Lipinski definition) is 2. The largest absolute Gasteiger partial charge is 0.335 e. The fourth-order valence-electron chi connectivity index (χ4n) is 2.90. The molecule has 1 amide bonds. The molecule has 1 aliphatic carbocycles. The van der Waals surface area contributed by atoms with Gasteiger partial charge >= 0.3 is 0 Å². The zero-order valence-electron chi connectivity index (χ0n) is 11.6. The third kappa shape index (κ3) is 3.18. The van der Waals surface area contributed by atoms with Crippen molar-refractivity contribution in [2.75, 3.05) is 19.6 Å². The Kier molecular flexibility index (Phi) is 4.01. The lowest BCUT2D eigenvalue weighted by Gasteiger charge is -2.30. The molecule has 1 saturated heterocycles. The number of piperidine rings is 1. The van der Waals surface area contributed by atoms with Gasteiger partial charge in [0.05, 0.1) is 0 Å². The van der Waals surface area contributed by atoms with Crippen molar-refractivity contribution in [2.24, 2.45) is 5.92 Å². The summed E-state index contributed by atoms with van der Waals surface area (Å²) in [7, 11) is 0. The molecule has 0 bridgehead atoms. The van der Waals surface area contributed by atoms with E-state index in [-0.39, 0.29) is 11.7 Å². The number of nitrogens with zero attached hydrogens (tertiary/aromatic N) is 1. The van der Waals surface area contributed by atoms with Crippen LogP contribution in [-0.4, -0.2) is 36.5 Å². The zero-order valence-corrected chi connectivity index (χ0v) is 11.6. The minimum Gasteiger partial charge on any atom is -0.335 e. The number of rotatable bonds is 4. The number of halogens is 1. The van der Waals surface area contributed by atoms with E-state index >= 15 is 0 Å². The minimum absolute atomic E-state index is 0.0538. The Morgan fingerprint density at radius 1 is 1.25 bits per heavy atom. The molecule has 1 unspecified atom stereocenters. The quantitative estimate of drug-likeness (QED) is 0.916. The lowest BCUT2D eigenvalue weighted by Crippen LogP contribution is -2.42. The fourth-order valence-corrected chi connectivity index (χ4v) is 2.90. The average molecular weight is 276 g/mol. The third-order valence-corrected chi connectivity index (χ3v) is 4.19. The molecule has 4 heteroatoms. The molecule has 3 nitrogen and oxygen atoms in total. The van der Waals surface area contributed by atoms with E-state index in [4.69, 9.17) is 0 Å². The lowest BCUT2D eigenvalue weighted by molar-refractivity contribution is 0.0704. The summed E-state index contributed by atoms with van der Waals surface area (Å²) in [5.74, 6) is 0.308. The Hall–Kier alpha value is -1.42. The Morgan fingerprint density at radius 2 is 2.00 bits per heavy atom. The molecule has 1 heterocycles. The average Bonchev–Trinajstić information content (AvgIpc) is 3.30. The second-order valence-electron chi connectivity index (χ2n) is 5.91. The highest BCUT2D eigenvalue weighted by atomic mass is 19.1. The van der Waals surface area contributed by atoms with E-state index in [1.54, 1.807) is 12.1 Å². The van der Waals surface area contributed by atoms with Crippen molar-refractivity contribution in [1.82, 2.24) is 10.2 Å². The van der Waals surface area contributed by atoms with Gasteiger partial charge in [-0.25, -0.2) is 4.39 Å². The van der Waals surface area contributed by atoms with Crippen LogP contribution in [-0.2, 0) is 0 Å². The first-order valence-corrected chi connectivity index (χ1v) is 7.51. The van der Waals surface area contributed by atoms with Crippen LogP contribution < -0.4 is 5.32 Å². The van der Waals surface area contributed by atoms with Gasteiger partial charge in [0.2, 0.25) is 0 Å². The number of hydrogen-bond donors (Lipinski definition) is 1. The van der Waals surface area contributed by atoms with Crippen LogP contribution in [0.3, 0.4) is 0 Å². The van der Waals surface area contributed by atoms with Gasteiger partial charge in [-0.3, -0.25) is 4.79 Å². The van der Waals surface area contributed by atoms with Crippen LogP contribution >= 0.6 is 0 Å². The Bertz CT molecular complexity index is 464. The minimum atomic E-state index is -0.295. The van der Waals surface area contributed by atoms with Gasteiger partial charge in [0.1, 0.15) is 5.82 Å². The lowest BCUT2D eigenvalue weighted by atomic mass is 9.98. The predicted molar refractivity (Wildman–Crippen MR) is 76.1 cm³/mol. The zero-order chi connectivity index (χ0) is 13.9. The molecule has 1 saturated carbocycles. The van der Waals surface area contributed by atoms with E-state index in [1.165, 1.54) is 25.0 Å². The number of benzene rings is 1. The van der Waals surface area contributed by atoms with Crippen molar-refractivity contribution >= 4 is 5.91 Å². The molecule has 20 heavy (non-hydrogen) atoms. The van der Waals surface area contributed by atoms with E-state index in [2.05, 4.69) is 5.32 Å². The van der Waals surface area contributed by atoms with E-state index < -0.39 is 0 Å². The topological polar surface area (TPSA) is 32.3 Å². The van der Waals surface area contributed by atoms with Crippen molar-refractivity contribution in [3.63, 3.8) is 0 Å². The molecular formula is C16H21FN2O. The monoisotopic (exact) mass is 276 g/mol. The molecule has 1 N–H and O–H groups in total. The summed E-state index contributed by atoms with van der Waals surface area (Å²) in [6.45, 7) is 2.92. The van der Waals surface area contributed by atoms with Crippen LogP contribution in [0.2, 0.25) is 0 Å². The second-order valence-corrected chi connectivity index (χ2v) is 5.91. The SMILES string of the molecule is O=C(c1ccc(F)cc1)N(CC1CCCNC1)C1CC1. The van der Waals surface area contributed by atoms with Gasteiger partial charge in [0.15, 0.2) is 0 Å². The molecule has 2 fully saturated rings. The van der Waals surface area contributed by atoms with E-state index in [9.17, 15) is 9.18 Å². The maximum absolute atomic E-state index is 13.0. The van der Waals surface area contributed by atoms with Crippen LogP contribution in [0.15, 0.2) is 24.3 Å². The first kappa shape index (κ1) is 13.6. The molecule has 0 spiro atoms. The van der Waals surface area contributed by atoms with Crippen LogP contribution in [0.5, 0.6) is 0 Å². The molecule has 1 aromatic carbocycles. The fraction of sp³-hybridized carbons (Fsp3) is 0.562. The first-order chi connectivity index (χ1) is 9.74. The summed E-state index contributed by atoms with van der Waals surface area (Å²) in [6.07, 6.45) is 4.58. The Balaban J connectivity index is 1.69. The standard InChI is InChI=1S/C16H21FN2O/c17-14-5-3-13(4-6-14)16(20)19(15-7-8-15)11-12-2-1-9-18-10-12/h3-6,12,15,18H,1-2,7-11H2. The number of amides is 1. The van der Waals surface area contributed by atoms with Crippen LogP contribution in [0, 0.1) is 11.7 Å². The first-order valence-electron chi connectivity index (χ1n) is 7.51. The van der Waals surface area contributed by atoms with Crippen molar-refractivity contribution in [3.8, 4) is 0 Å². The highest BCUT2D eigenvalue weighted by Gasteiger charge is 2.34. The van der Waals surface area contributed by atoms with Gasteiger partial charge in [-0.05, 0) is 69.0 Å². The van der Waals surface area contributed by atoms with Gasteiger partial charge in [0.25, 0.3) is 5.91 Å². The van der Waals surface area contributed by atoms with Gasteiger partial charge in [-0.1, -0.05) is 0 Å². The normalized spacial score (nSPS) is 22.6. The molecule has 108 valence electrons. The summed E-state index contributed by atoms with van der Waals surface area (Å²) in [5, 5.41) is 3.40. The van der Waals surface area contributed by atoms with Gasteiger partial charge in [-0.15, -0.1) is 0 Å². The molecule has 2 aliphatic rings. The molecular weight excluding hydrogens is 255 g/mol. The van der Waals surface area contributed by atoms with Gasteiger partial charge in [0, 0.05) is 18.2 Å². The Labute approximate surface area is 119 Å². The summed E-state index contributed by atoms with van der Waals surface area (Å²) < 4.78 is 13.0. The molecule has 1 atom stereocenters. The van der Waals surface area contributed by atoms with Crippen LogP contribution in [0.25, 0.3) is 0 Å².